The number of carbonyl (C=O) groups is 1. The van der Waals surface area contributed by atoms with Gasteiger partial charge in [-0.2, -0.15) is 0 Å². The second-order valence-electron chi connectivity index (χ2n) is 5.50. The molecule has 0 bridgehead atoms. The van der Waals surface area contributed by atoms with Crippen molar-refractivity contribution < 1.29 is 9.53 Å². The molecule has 1 heterocycles. The van der Waals surface area contributed by atoms with E-state index in [2.05, 4.69) is 10.2 Å². The molecule has 1 fully saturated rings. The summed E-state index contributed by atoms with van der Waals surface area (Å²) in [4.78, 5) is 14.3. The van der Waals surface area contributed by atoms with Crippen molar-refractivity contribution in [1.29, 1.82) is 0 Å². The molecule has 1 aromatic rings. The number of rotatable bonds is 6. The largest absolute Gasteiger partial charge is 0.377 e. The molecule has 1 saturated heterocycles. The Morgan fingerprint density at radius 3 is 2.76 bits per heavy atom. The summed E-state index contributed by atoms with van der Waals surface area (Å²) in [6.45, 7) is 5.43. The number of benzene rings is 1. The number of nitrogens with two attached hydrogens (primary N) is 1. The van der Waals surface area contributed by atoms with Crippen LogP contribution in [0.1, 0.15) is 18.4 Å². The van der Waals surface area contributed by atoms with Crippen LogP contribution in [-0.4, -0.2) is 49.7 Å². The summed E-state index contributed by atoms with van der Waals surface area (Å²) in [6, 6.07) is 7.83. The molecule has 5 heteroatoms. The maximum atomic E-state index is 12.1. The summed E-state index contributed by atoms with van der Waals surface area (Å²) in [5, 5.41) is 2.97. The van der Waals surface area contributed by atoms with Crippen molar-refractivity contribution in [2.24, 2.45) is 5.73 Å². The number of carbonyl (C=O) groups excluding carboxylic acids is 1. The van der Waals surface area contributed by atoms with Crippen LogP contribution in [-0.2, 0) is 9.53 Å². The van der Waals surface area contributed by atoms with E-state index in [4.69, 9.17) is 10.5 Å². The number of nitrogens with zero attached hydrogens (tertiary/aromatic N) is 1. The summed E-state index contributed by atoms with van der Waals surface area (Å²) in [6.07, 6.45) is 2.24. The van der Waals surface area contributed by atoms with Crippen LogP contribution in [0.3, 0.4) is 0 Å². The first-order chi connectivity index (χ1) is 10.2. The SMILES string of the molecule is Cc1ccccc1NC(=O)CN1CCC(OCCN)CC1. The van der Waals surface area contributed by atoms with Crippen molar-refractivity contribution in [3.8, 4) is 0 Å². The number of amides is 1. The lowest BCUT2D eigenvalue weighted by molar-refractivity contribution is -0.118. The Labute approximate surface area is 126 Å². The zero-order chi connectivity index (χ0) is 15.1. The minimum atomic E-state index is 0.0469. The first-order valence-corrected chi connectivity index (χ1v) is 7.58. The lowest BCUT2D eigenvalue weighted by Gasteiger charge is -2.31. The highest BCUT2D eigenvalue weighted by Crippen LogP contribution is 2.15. The molecule has 0 aliphatic carbocycles. The number of piperidine rings is 1. The molecule has 0 radical (unpaired) electrons. The number of para-hydroxylation sites is 1. The summed E-state index contributed by atoms with van der Waals surface area (Å²) in [5.41, 5.74) is 7.41. The molecule has 5 nitrogen and oxygen atoms in total. The minimum Gasteiger partial charge on any atom is -0.377 e. The van der Waals surface area contributed by atoms with Gasteiger partial charge in [0.1, 0.15) is 0 Å². The van der Waals surface area contributed by atoms with Gasteiger partial charge in [0.2, 0.25) is 5.91 Å². The molecule has 0 aromatic heterocycles. The predicted octanol–water partition coefficient (Wildman–Crippen LogP) is 1.37. The van der Waals surface area contributed by atoms with Crippen LogP contribution in [0.2, 0.25) is 0 Å². The van der Waals surface area contributed by atoms with Crippen molar-refractivity contribution >= 4 is 11.6 Å². The molecule has 3 N–H and O–H groups in total. The quantitative estimate of drug-likeness (QED) is 0.831. The molecule has 1 aromatic carbocycles. The molecule has 0 unspecified atom stereocenters. The van der Waals surface area contributed by atoms with Crippen molar-refractivity contribution in [3.05, 3.63) is 29.8 Å². The summed E-state index contributed by atoms with van der Waals surface area (Å²) < 4.78 is 5.64. The van der Waals surface area contributed by atoms with E-state index in [-0.39, 0.29) is 5.91 Å². The molecule has 1 amide bonds. The zero-order valence-electron chi connectivity index (χ0n) is 12.7. The number of aryl methyl sites for hydroxylation is 1. The molecule has 2 rings (SSSR count). The number of hydrogen-bond donors (Lipinski definition) is 2. The van der Waals surface area contributed by atoms with Crippen molar-refractivity contribution in [3.63, 3.8) is 0 Å². The van der Waals surface area contributed by atoms with E-state index in [1.165, 1.54) is 0 Å². The zero-order valence-corrected chi connectivity index (χ0v) is 12.7. The van der Waals surface area contributed by atoms with Crippen LogP contribution in [0.4, 0.5) is 5.69 Å². The van der Waals surface area contributed by atoms with Gasteiger partial charge in [0.15, 0.2) is 0 Å². The van der Waals surface area contributed by atoms with E-state index in [9.17, 15) is 4.79 Å². The number of nitrogens with one attached hydrogen (secondary N) is 1. The van der Waals surface area contributed by atoms with Crippen LogP contribution >= 0.6 is 0 Å². The summed E-state index contributed by atoms with van der Waals surface area (Å²) in [5.74, 6) is 0.0469. The van der Waals surface area contributed by atoms with Gasteiger partial charge in [0.05, 0.1) is 19.3 Å². The van der Waals surface area contributed by atoms with E-state index in [0.29, 0.717) is 25.8 Å². The van der Waals surface area contributed by atoms with Crippen molar-refractivity contribution in [2.75, 3.05) is 38.1 Å². The third-order valence-corrected chi connectivity index (χ3v) is 3.79. The third kappa shape index (κ3) is 5.12. The fraction of sp³-hybridized carbons (Fsp3) is 0.562. The average Bonchev–Trinajstić information content (AvgIpc) is 2.49. The first kappa shape index (κ1) is 15.9. The highest BCUT2D eigenvalue weighted by atomic mass is 16.5. The fourth-order valence-electron chi connectivity index (χ4n) is 2.57. The minimum absolute atomic E-state index is 0.0469. The van der Waals surface area contributed by atoms with E-state index in [1.807, 2.05) is 31.2 Å². The molecular weight excluding hydrogens is 266 g/mol. The second kappa shape index (κ2) is 8.12. The van der Waals surface area contributed by atoms with Gasteiger partial charge in [0, 0.05) is 25.3 Å². The predicted molar refractivity (Wildman–Crippen MR) is 84.3 cm³/mol. The van der Waals surface area contributed by atoms with Crippen LogP contribution < -0.4 is 11.1 Å². The Morgan fingerprint density at radius 2 is 2.10 bits per heavy atom. The number of ether oxygens (including phenoxy) is 1. The summed E-state index contributed by atoms with van der Waals surface area (Å²) in [7, 11) is 0. The third-order valence-electron chi connectivity index (χ3n) is 3.79. The van der Waals surface area contributed by atoms with Gasteiger partial charge >= 0.3 is 0 Å². The van der Waals surface area contributed by atoms with E-state index in [1.54, 1.807) is 0 Å². The highest BCUT2D eigenvalue weighted by Gasteiger charge is 2.21. The highest BCUT2D eigenvalue weighted by molar-refractivity contribution is 5.92. The van der Waals surface area contributed by atoms with E-state index < -0.39 is 0 Å². The standard InChI is InChI=1S/C16H25N3O2/c1-13-4-2-3-5-15(13)18-16(20)12-19-9-6-14(7-10-19)21-11-8-17/h2-5,14H,6-12,17H2,1H3,(H,18,20). The monoisotopic (exact) mass is 291 g/mol. The average molecular weight is 291 g/mol. The lowest BCUT2D eigenvalue weighted by Crippen LogP contribution is -2.41. The molecule has 0 spiro atoms. The Bertz CT molecular complexity index is 457. The Morgan fingerprint density at radius 1 is 1.38 bits per heavy atom. The van der Waals surface area contributed by atoms with Gasteiger partial charge in [-0.25, -0.2) is 0 Å². The van der Waals surface area contributed by atoms with Gasteiger partial charge in [-0.3, -0.25) is 9.69 Å². The van der Waals surface area contributed by atoms with Gasteiger partial charge in [0.25, 0.3) is 0 Å². The van der Waals surface area contributed by atoms with Gasteiger partial charge < -0.3 is 15.8 Å². The Balaban J connectivity index is 1.73. The van der Waals surface area contributed by atoms with E-state index in [0.717, 1.165) is 37.2 Å². The number of likely N-dealkylation sites (tertiary alicyclic amines) is 1. The maximum Gasteiger partial charge on any atom is 0.238 e. The molecule has 0 saturated carbocycles. The van der Waals surface area contributed by atoms with Crippen LogP contribution in [0.25, 0.3) is 0 Å². The fourth-order valence-corrected chi connectivity index (χ4v) is 2.57. The normalized spacial score (nSPS) is 16.9. The lowest BCUT2D eigenvalue weighted by atomic mass is 10.1. The van der Waals surface area contributed by atoms with Crippen molar-refractivity contribution in [2.45, 2.75) is 25.9 Å². The number of hydrogen-bond acceptors (Lipinski definition) is 4. The van der Waals surface area contributed by atoms with Gasteiger partial charge in [-0.15, -0.1) is 0 Å². The van der Waals surface area contributed by atoms with Crippen molar-refractivity contribution in [1.82, 2.24) is 4.90 Å². The first-order valence-electron chi connectivity index (χ1n) is 7.58. The molecule has 1 aliphatic heterocycles. The Kier molecular flexibility index (Phi) is 6.17. The number of anilines is 1. The van der Waals surface area contributed by atoms with Gasteiger partial charge in [-0.05, 0) is 31.4 Å². The molecule has 116 valence electrons. The smallest absolute Gasteiger partial charge is 0.238 e. The Hall–Kier alpha value is -1.43. The molecule has 21 heavy (non-hydrogen) atoms. The van der Waals surface area contributed by atoms with Crippen LogP contribution in [0.15, 0.2) is 24.3 Å². The summed E-state index contributed by atoms with van der Waals surface area (Å²) >= 11 is 0. The molecule has 0 atom stereocenters. The van der Waals surface area contributed by atoms with Gasteiger partial charge in [-0.1, -0.05) is 18.2 Å². The molecule has 1 aliphatic rings. The molecular formula is C16H25N3O2. The van der Waals surface area contributed by atoms with Crippen LogP contribution in [0, 0.1) is 6.92 Å². The second-order valence-corrected chi connectivity index (χ2v) is 5.50. The van der Waals surface area contributed by atoms with E-state index >= 15 is 0 Å². The maximum absolute atomic E-state index is 12.1. The topological polar surface area (TPSA) is 67.6 Å². The van der Waals surface area contributed by atoms with Crippen LogP contribution in [0.5, 0.6) is 0 Å².